The van der Waals surface area contributed by atoms with Crippen LogP contribution in [0.15, 0.2) is 42.7 Å². The molecule has 2 heterocycles. The van der Waals surface area contributed by atoms with E-state index in [1.54, 1.807) is 36.5 Å². The molecule has 0 unspecified atom stereocenters. The number of amides is 1. The third-order valence-corrected chi connectivity index (χ3v) is 2.91. The Morgan fingerprint density at radius 3 is 2.28 bits per heavy atom. The molecule has 0 bridgehead atoms. The van der Waals surface area contributed by atoms with Crippen molar-refractivity contribution in [1.82, 2.24) is 4.98 Å². The Kier molecular flexibility index (Phi) is 5.88. The Morgan fingerprint density at radius 1 is 1.00 bits per heavy atom. The van der Waals surface area contributed by atoms with Crippen molar-refractivity contribution in [3.8, 4) is 11.5 Å². The number of carbonyl (C=O) groups is 3. The molecule has 1 aromatic carbocycles. The lowest BCUT2D eigenvalue weighted by atomic mass is 10.2. The molecule has 0 atom stereocenters. The van der Waals surface area contributed by atoms with Gasteiger partial charge in [0.1, 0.15) is 13.2 Å². The van der Waals surface area contributed by atoms with Crippen LogP contribution in [0.1, 0.15) is 10.4 Å². The van der Waals surface area contributed by atoms with Crippen LogP contribution in [-0.2, 0) is 9.59 Å². The van der Waals surface area contributed by atoms with Crippen LogP contribution in [0.2, 0.25) is 0 Å². The summed E-state index contributed by atoms with van der Waals surface area (Å²) in [7, 11) is 0. The van der Waals surface area contributed by atoms with Crippen LogP contribution in [0.25, 0.3) is 0 Å². The molecule has 1 amide bonds. The number of hydrogen-bond acceptors (Lipinski definition) is 6. The van der Waals surface area contributed by atoms with Crippen LogP contribution in [-0.4, -0.2) is 46.3 Å². The molecule has 0 fully saturated rings. The molecule has 25 heavy (non-hydrogen) atoms. The zero-order chi connectivity index (χ0) is 18.2. The molecule has 9 nitrogen and oxygen atoms in total. The molecular formula is C16H14N2O7. The number of rotatable bonds is 2. The zero-order valence-corrected chi connectivity index (χ0v) is 12.8. The van der Waals surface area contributed by atoms with E-state index in [1.807, 2.05) is 0 Å². The van der Waals surface area contributed by atoms with Gasteiger partial charge in [-0.05, 0) is 24.3 Å². The summed E-state index contributed by atoms with van der Waals surface area (Å²) in [5.41, 5.74) is 1.18. The summed E-state index contributed by atoms with van der Waals surface area (Å²) < 4.78 is 10.9. The highest BCUT2D eigenvalue weighted by Crippen LogP contribution is 2.32. The Morgan fingerprint density at radius 2 is 1.68 bits per heavy atom. The third kappa shape index (κ3) is 5.20. The van der Waals surface area contributed by atoms with E-state index < -0.39 is 11.9 Å². The monoisotopic (exact) mass is 346 g/mol. The second-order valence-corrected chi connectivity index (χ2v) is 4.66. The molecule has 0 spiro atoms. The second kappa shape index (κ2) is 8.29. The van der Waals surface area contributed by atoms with Gasteiger partial charge in [0.2, 0.25) is 0 Å². The first-order valence-electron chi connectivity index (χ1n) is 7.04. The quantitative estimate of drug-likeness (QED) is 0.692. The van der Waals surface area contributed by atoms with Crippen molar-refractivity contribution >= 4 is 23.5 Å². The summed E-state index contributed by atoms with van der Waals surface area (Å²) in [5.74, 6) is -2.50. The van der Waals surface area contributed by atoms with Gasteiger partial charge in [0.15, 0.2) is 11.5 Å². The first kappa shape index (κ1) is 17.7. The van der Waals surface area contributed by atoms with Crippen LogP contribution in [0.5, 0.6) is 11.5 Å². The molecule has 0 saturated carbocycles. The standard InChI is InChI=1S/C14H12N2O3.C2H2O4/c17-14(10-2-1-5-15-9-10)16-11-3-4-12-13(8-11)19-7-6-18-12;3-1(4)2(5)6/h1-5,8-9H,6-7H2,(H,16,17);(H,3,4)(H,5,6). The summed E-state index contributed by atoms with van der Waals surface area (Å²) in [6, 6.07) is 8.75. The van der Waals surface area contributed by atoms with E-state index in [9.17, 15) is 4.79 Å². The van der Waals surface area contributed by atoms with E-state index in [1.165, 1.54) is 6.20 Å². The molecule has 0 aliphatic carbocycles. The van der Waals surface area contributed by atoms with E-state index in [0.717, 1.165) is 0 Å². The van der Waals surface area contributed by atoms with Crippen LogP contribution in [0.3, 0.4) is 0 Å². The number of benzene rings is 1. The number of carbonyl (C=O) groups excluding carboxylic acids is 1. The van der Waals surface area contributed by atoms with Crippen molar-refractivity contribution in [3.05, 3.63) is 48.3 Å². The van der Waals surface area contributed by atoms with Gasteiger partial charge < -0.3 is 25.0 Å². The fourth-order valence-electron chi connectivity index (χ4n) is 1.82. The molecule has 9 heteroatoms. The maximum atomic E-state index is 12.0. The second-order valence-electron chi connectivity index (χ2n) is 4.66. The number of nitrogens with zero attached hydrogens (tertiary/aromatic N) is 1. The SMILES string of the molecule is O=C(Nc1ccc2c(c1)OCCO2)c1cccnc1.O=C(O)C(=O)O. The van der Waals surface area contributed by atoms with Crippen molar-refractivity contribution in [3.63, 3.8) is 0 Å². The molecule has 1 aliphatic rings. The van der Waals surface area contributed by atoms with Gasteiger partial charge in [-0.3, -0.25) is 9.78 Å². The molecule has 3 N–H and O–H groups in total. The van der Waals surface area contributed by atoms with Crippen molar-refractivity contribution in [2.24, 2.45) is 0 Å². The number of ether oxygens (including phenoxy) is 2. The molecule has 130 valence electrons. The van der Waals surface area contributed by atoms with Gasteiger partial charge >= 0.3 is 11.9 Å². The lowest BCUT2D eigenvalue weighted by Gasteiger charge is -2.18. The number of pyridine rings is 1. The molecule has 1 aromatic heterocycles. The fraction of sp³-hybridized carbons (Fsp3) is 0.125. The number of carboxylic acids is 2. The summed E-state index contributed by atoms with van der Waals surface area (Å²) >= 11 is 0. The van der Waals surface area contributed by atoms with E-state index in [0.29, 0.717) is 36.0 Å². The number of hydrogen-bond donors (Lipinski definition) is 3. The van der Waals surface area contributed by atoms with E-state index >= 15 is 0 Å². The third-order valence-electron chi connectivity index (χ3n) is 2.91. The normalized spacial score (nSPS) is 11.5. The highest BCUT2D eigenvalue weighted by Gasteiger charge is 2.13. The van der Waals surface area contributed by atoms with Gasteiger partial charge in [-0.15, -0.1) is 0 Å². The largest absolute Gasteiger partial charge is 0.486 e. The Hall–Kier alpha value is -3.62. The highest BCUT2D eigenvalue weighted by molar-refractivity contribution is 6.27. The molecule has 0 radical (unpaired) electrons. The van der Waals surface area contributed by atoms with Crippen LogP contribution in [0, 0.1) is 0 Å². The fourth-order valence-corrected chi connectivity index (χ4v) is 1.82. The minimum atomic E-state index is -1.82. The summed E-state index contributed by atoms with van der Waals surface area (Å²) in [4.78, 5) is 34.1. The molecule has 1 aliphatic heterocycles. The highest BCUT2D eigenvalue weighted by atomic mass is 16.6. The van der Waals surface area contributed by atoms with Gasteiger partial charge in [0.05, 0.1) is 5.56 Å². The van der Waals surface area contributed by atoms with E-state index in [-0.39, 0.29) is 5.91 Å². The van der Waals surface area contributed by atoms with E-state index in [4.69, 9.17) is 29.3 Å². The van der Waals surface area contributed by atoms with Crippen LogP contribution >= 0.6 is 0 Å². The minimum absolute atomic E-state index is 0.204. The van der Waals surface area contributed by atoms with Crippen LogP contribution < -0.4 is 14.8 Å². The Balaban J connectivity index is 0.000000326. The maximum absolute atomic E-state index is 12.0. The number of aliphatic carboxylic acids is 2. The number of carboxylic acid groups (broad SMARTS) is 2. The van der Waals surface area contributed by atoms with Gasteiger partial charge in [0, 0.05) is 24.1 Å². The lowest BCUT2D eigenvalue weighted by molar-refractivity contribution is -0.159. The minimum Gasteiger partial charge on any atom is -0.486 e. The first-order valence-corrected chi connectivity index (χ1v) is 7.04. The average Bonchev–Trinajstić information content (AvgIpc) is 2.63. The molecular weight excluding hydrogens is 332 g/mol. The number of fused-ring (bicyclic) bond motifs is 1. The molecule has 0 saturated heterocycles. The van der Waals surface area contributed by atoms with Crippen molar-refractivity contribution < 1.29 is 34.1 Å². The summed E-state index contributed by atoms with van der Waals surface area (Å²) in [5, 5.41) is 17.6. The first-order chi connectivity index (χ1) is 12.0. The predicted octanol–water partition coefficient (Wildman–Crippen LogP) is 1.26. The van der Waals surface area contributed by atoms with Gasteiger partial charge in [-0.1, -0.05) is 0 Å². The van der Waals surface area contributed by atoms with Crippen LogP contribution in [0.4, 0.5) is 5.69 Å². The van der Waals surface area contributed by atoms with Crippen molar-refractivity contribution in [2.75, 3.05) is 18.5 Å². The number of anilines is 1. The smallest absolute Gasteiger partial charge is 0.414 e. The van der Waals surface area contributed by atoms with Gasteiger partial charge in [-0.2, -0.15) is 0 Å². The number of aromatic nitrogens is 1. The zero-order valence-electron chi connectivity index (χ0n) is 12.8. The average molecular weight is 346 g/mol. The molecule has 2 aromatic rings. The van der Waals surface area contributed by atoms with E-state index in [2.05, 4.69) is 10.3 Å². The number of nitrogens with one attached hydrogen (secondary N) is 1. The summed E-state index contributed by atoms with van der Waals surface area (Å²) in [6.45, 7) is 1.07. The summed E-state index contributed by atoms with van der Waals surface area (Å²) in [6.07, 6.45) is 3.15. The molecule has 3 rings (SSSR count). The van der Waals surface area contributed by atoms with Gasteiger partial charge in [-0.25, -0.2) is 9.59 Å². The predicted molar refractivity (Wildman–Crippen MR) is 84.9 cm³/mol. The Labute approximate surface area is 141 Å². The lowest BCUT2D eigenvalue weighted by Crippen LogP contribution is -2.16. The van der Waals surface area contributed by atoms with Crippen molar-refractivity contribution in [2.45, 2.75) is 0 Å². The topological polar surface area (TPSA) is 135 Å². The van der Waals surface area contributed by atoms with Gasteiger partial charge in [0.25, 0.3) is 5.91 Å². The van der Waals surface area contributed by atoms with Crippen molar-refractivity contribution in [1.29, 1.82) is 0 Å². The maximum Gasteiger partial charge on any atom is 0.414 e. The Bertz CT molecular complexity index is 765.